The zero-order chi connectivity index (χ0) is 96.9. The summed E-state index contributed by atoms with van der Waals surface area (Å²) in [5, 5.41) is 25.0. The van der Waals surface area contributed by atoms with E-state index in [1.54, 1.807) is 32.3 Å². The van der Waals surface area contributed by atoms with Crippen LogP contribution in [0.3, 0.4) is 0 Å². The van der Waals surface area contributed by atoms with Crippen LogP contribution in [-0.2, 0) is 0 Å². The molecule has 0 spiro atoms. The van der Waals surface area contributed by atoms with E-state index < -0.39 is 0 Å². The van der Waals surface area contributed by atoms with E-state index in [0.717, 1.165) is 171 Å². The van der Waals surface area contributed by atoms with Crippen molar-refractivity contribution < 1.29 is 4.42 Å². The SMILES string of the molecule is O=c1c2cnc(-n3c4ccccc4c4c3ccc3c5ccccc5n(-c5ccc6c7ccccc7c7ccccc7c6c5)c34)nc2c2ccccc2n1-c1ccccc1.O=c1c2cnc(-n3c4ccccc4c4c3ccc3c5ccccc5n(-c5ccccc5)c34)nc2c2ccccc2n1-c1ccccc1.O=c1c2cnc(-n3c4ccccc4c4c5oc6ccccc6c5ccc43)nc2c2ccccc2n1-c1ccccc1. The Morgan fingerprint density at radius 1 is 0.170 bits per heavy atom. The highest BCUT2D eigenvalue weighted by atomic mass is 16.3. The number of nitrogens with zero attached hydrogens (tertiary/aromatic N) is 14. The van der Waals surface area contributed by atoms with Gasteiger partial charge >= 0.3 is 0 Å². The molecule has 0 saturated heterocycles. The molecule has 0 unspecified atom stereocenters. The molecule has 32 aromatic rings. The Morgan fingerprint density at radius 3 is 0.803 bits per heavy atom. The monoisotopic (exact) mass is 1880 g/mol. The maximum absolute atomic E-state index is 14.3. The van der Waals surface area contributed by atoms with E-state index in [1.165, 1.54) is 53.9 Å². The molecule has 0 N–H and O–H groups in total. The number of para-hydroxylation sites is 13. The van der Waals surface area contributed by atoms with Crippen LogP contribution in [0, 0.1) is 0 Å². The summed E-state index contributed by atoms with van der Waals surface area (Å²) in [6.07, 6.45) is 5.04. The first kappa shape index (κ1) is 82.5. The van der Waals surface area contributed by atoms with Gasteiger partial charge in [-0.2, -0.15) is 0 Å². The molecule has 0 atom stereocenters. The van der Waals surface area contributed by atoms with Crippen molar-refractivity contribution in [3.63, 3.8) is 0 Å². The number of hydrogen-bond donors (Lipinski definition) is 0. The van der Waals surface area contributed by atoms with Crippen LogP contribution in [0.15, 0.2) is 480 Å². The van der Waals surface area contributed by atoms with E-state index >= 15 is 0 Å². The number of hydrogen-bond acceptors (Lipinski definition) is 10. The highest BCUT2D eigenvalue weighted by Gasteiger charge is 2.29. The van der Waals surface area contributed by atoms with Crippen molar-refractivity contribution in [3.8, 4) is 46.3 Å². The fourth-order valence-electron chi connectivity index (χ4n) is 23.4. The van der Waals surface area contributed by atoms with Gasteiger partial charge in [0, 0.05) is 122 Å². The van der Waals surface area contributed by atoms with Crippen molar-refractivity contribution in [2.45, 2.75) is 0 Å². The topological polar surface area (TPSA) is 181 Å². The van der Waals surface area contributed by atoms with Crippen LogP contribution in [0.5, 0.6) is 0 Å². The summed E-state index contributed by atoms with van der Waals surface area (Å²) in [5.41, 5.74) is 20.6. The van der Waals surface area contributed by atoms with Crippen molar-refractivity contribution in [2.24, 2.45) is 0 Å². The minimum atomic E-state index is -0.152. The molecule has 0 aliphatic rings. The van der Waals surface area contributed by atoms with Gasteiger partial charge in [-0.3, -0.25) is 41.8 Å². The second kappa shape index (κ2) is 32.3. The van der Waals surface area contributed by atoms with Gasteiger partial charge in [-0.15, -0.1) is 0 Å². The molecule has 12 aromatic heterocycles. The third-order valence-electron chi connectivity index (χ3n) is 29.6. The van der Waals surface area contributed by atoms with Crippen LogP contribution in [-0.4, -0.2) is 66.4 Å². The molecule has 147 heavy (non-hydrogen) atoms. The van der Waals surface area contributed by atoms with Crippen LogP contribution in [0.1, 0.15) is 0 Å². The number of aromatic nitrogens is 14. The third kappa shape index (κ3) is 12.3. The van der Waals surface area contributed by atoms with Gasteiger partial charge < -0.3 is 13.6 Å². The van der Waals surface area contributed by atoms with Crippen molar-refractivity contribution >= 4 is 229 Å². The Morgan fingerprint density at radius 2 is 0.429 bits per heavy atom. The quantitative estimate of drug-likeness (QED) is 0.133. The molecule has 0 fully saturated rings. The first-order valence-electron chi connectivity index (χ1n) is 49.0. The molecule has 686 valence electrons. The van der Waals surface area contributed by atoms with Gasteiger partial charge in [-0.05, 0) is 172 Å². The van der Waals surface area contributed by atoms with Crippen LogP contribution in [0.25, 0.3) is 275 Å². The minimum Gasteiger partial charge on any atom is -0.455 e. The predicted octanol–water partition coefficient (Wildman–Crippen LogP) is 29.6. The maximum Gasteiger partial charge on any atom is 0.266 e. The van der Waals surface area contributed by atoms with Crippen LogP contribution >= 0.6 is 0 Å². The fourth-order valence-corrected chi connectivity index (χ4v) is 23.4. The van der Waals surface area contributed by atoms with Gasteiger partial charge in [0.05, 0.1) is 110 Å². The van der Waals surface area contributed by atoms with Crippen molar-refractivity contribution in [1.82, 2.24) is 66.4 Å². The van der Waals surface area contributed by atoms with Crippen LogP contribution < -0.4 is 16.7 Å². The molecule has 18 heteroatoms. The standard InChI is InChI=1S/C53H31N5O.C41H25N5O.C35H20N4O2/c59-52-44-31-54-53(55-50(44)42-22-10-13-25-47(42)57(52)32-14-2-1-3-15-32)58-46-24-12-9-21-41(46)49-48(58)29-28-40-39-20-8-11-23-45(39)56(51(40)49)33-26-27-38-36-18-5-4-16-34(36)35-17-6-7-19-37(35)43(38)30-33;47-40-32-25-42-41(43-38(32)31-19-9-12-22-35(31)45(40)27-15-5-2-6-16-27)46-34-21-11-8-18-30(34)37-36(46)24-23-29-28-17-7-10-20-33(28)44(39(29)37)26-13-3-1-4-14-26;40-34-26-20-36-35(37-32(26)25-14-5-8-16-28(25)38(34)21-10-2-1-3-11-21)39-27-15-7-4-13-24(27)31-29(39)19-18-23-22-12-6-9-17-30(22)41-33(23)31/h1-31H;1-25H;1-20H. The maximum atomic E-state index is 14.3. The molecule has 0 aliphatic heterocycles. The minimum absolute atomic E-state index is 0.146. The average Bonchev–Trinajstić information content (AvgIpc) is 1.54. The summed E-state index contributed by atoms with van der Waals surface area (Å²) in [6.45, 7) is 0. The summed E-state index contributed by atoms with van der Waals surface area (Å²) in [5.74, 6) is 1.53. The molecular weight excluding hydrogens is 1810 g/mol. The van der Waals surface area contributed by atoms with E-state index in [2.05, 4.69) is 265 Å². The van der Waals surface area contributed by atoms with E-state index in [-0.39, 0.29) is 16.7 Å². The average molecular weight is 1890 g/mol. The number of fused-ring (bicyclic) bond motifs is 36. The Labute approximate surface area is 832 Å². The molecule has 18 nitrogen and oxygen atoms in total. The lowest BCUT2D eigenvalue weighted by molar-refractivity contribution is 0.673. The van der Waals surface area contributed by atoms with Gasteiger partial charge in [0.2, 0.25) is 17.8 Å². The lowest BCUT2D eigenvalue weighted by Gasteiger charge is -2.14. The first-order valence-corrected chi connectivity index (χ1v) is 49.0. The Bertz CT molecular complexity index is 11400. The molecule has 0 aliphatic carbocycles. The predicted molar refractivity (Wildman–Crippen MR) is 599 cm³/mol. The number of benzene rings is 20. The molecule has 0 amide bonds. The largest absolute Gasteiger partial charge is 0.455 e. The smallest absolute Gasteiger partial charge is 0.266 e. The molecule has 12 heterocycles. The summed E-state index contributed by atoms with van der Waals surface area (Å²) < 4.78 is 22.8. The third-order valence-corrected chi connectivity index (χ3v) is 29.6. The molecule has 20 aromatic carbocycles. The molecule has 0 bridgehead atoms. The van der Waals surface area contributed by atoms with Crippen molar-refractivity contribution in [1.29, 1.82) is 0 Å². The lowest BCUT2D eigenvalue weighted by Crippen LogP contribution is -2.20. The molecule has 0 radical (unpaired) electrons. The highest BCUT2D eigenvalue weighted by Crippen LogP contribution is 2.48. The summed E-state index contributed by atoms with van der Waals surface area (Å²) in [7, 11) is 0. The number of rotatable bonds is 8. The van der Waals surface area contributed by atoms with Crippen LogP contribution in [0.4, 0.5) is 0 Å². The van der Waals surface area contributed by atoms with Crippen molar-refractivity contribution in [3.05, 3.63) is 492 Å². The second-order valence-corrected chi connectivity index (χ2v) is 37.3. The van der Waals surface area contributed by atoms with Crippen molar-refractivity contribution in [2.75, 3.05) is 0 Å². The van der Waals surface area contributed by atoms with Gasteiger partial charge in [-0.25, -0.2) is 29.9 Å². The summed E-state index contributed by atoms with van der Waals surface area (Å²) in [6, 6.07) is 152. The Balaban J connectivity index is 0.000000104. The molecule has 32 rings (SSSR count). The van der Waals surface area contributed by atoms with E-state index in [0.29, 0.717) is 50.6 Å². The fraction of sp³-hybridized carbons (Fsp3) is 0. The van der Waals surface area contributed by atoms with Gasteiger partial charge in [0.25, 0.3) is 16.7 Å². The van der Waals surface area contributed by atoms with Gasteiger partial charge in [0.15, 0.2) is 0 Å². The van der Waals surface area contributed by atoms with E-state index in [1.807, 2.05) is 200 Å². The Kier molecular flexibility index (Phi) is 18.2. The number of furan rings is 1. The van der Waals surface area contributed by atoms with Crippen LogP contribution in [0.2, 0.25) is 0 Å². The van der Waals surface area contributed by atoms with Gasteiger partial charge in [-0.1, -0.05) is 303 Å². The lowest BCUT2D eigenvalue weighted by atomic mass is 9.94. The van der Waals surface area contributed by atoms with Gasteiger partial charge in [0.1, 0.15) is 11.2 Å². The first-order chi connectivity index (χ1) is 72.8. The number of pyridine rings is 3. The van der Waals surface area contributed by atoms with E-state index in [4.69, 9.17) is 34.3 Å². The highest BCUT2D eigenvalue weighted by molar-refractivity contribution is 6.31. The zero-order valence-electron chi connectivity index (χ0n) is 78.3. The summed E-state index contributed by atoms with van der Waals surface area (Å²) >= 11 is 0. The molecular formula is C129H76N14O4. The second-order valence-electron chi connectivity index (χ2n) is 37.3. The Hall–Kier alpha value is -20.4. The zero-order valence-corrected chi connectivity index (χ0v) is 78.3. The molecule has 0 saturated carbocycles. The summed E-state index contributed by atoms with van der Waals surface area (Å²) in [4.78, 5) is 72.3. The van der Waals surface area contributed by atoms with E-state index in [9.17, 15) is 14.4 Å². The normalized spacial score (nSPS) is 12.0.